The van der Waals surface area contributed by atoms with Crippen LogP contribution in [0, 0.1) is 6.92 Å². The number of nitrogens with zero attached hydrogens (tertiary/aromatic N) is 1. The monoisotopic (exact) mass is 253 g/mol. The van der Waals surface area contributed by atoms with Crippen LogP contribution in [-0.4, -0.2) is 10.2 Å². The van der Waals surface area contributed by atoms with Crippen molar-refractivity contribution in [3.63, 3.8) is 0 Å². The molecule has 3 heteroatoms. The third-order valence-electron chi connectivity index (χ3n) is 3.65. The summed E-state index contributed by atoms with van der Waals surface area (Å²) in [6.45, 7) is 2.19. The zero-order valence-electron chi connectivity index (χ0n) is 11.2. The molecular formula is C16H19N3. The van der Waals surface area contributed by atoms with E-state index in [9.17, 15) is 0 Å². The van der Waals surface area contributed by atoms with Gasteiger partial charge in [0.1, 0.15) is 5.82 Å². The van der Waals surface area contributed by atoms with Crippen molar-refractivity contribution in [2.45, 2.75) is 32.6 Å². The van der Waals surface area contributed by atoms with Crippen molar-refractivity contribution >= 4 is 17.1 Å². The molecule has 0 atom stereocenters. The van der Waals surface area contributed by atoms with Gasteiger partial charge in [0.15, 0.2) is 0 Å². The molecule has 2 aromatic rings. The van der Waals surface area contributed by atoms with Crippen LogP contribution >= 0.6 is 0 Å². The Morgan fingerprint density at radius 2 is 2.16 bits per heavy atom. The van der Waals surface area contributed by atoms with Gasteiger partial charge in [0, 0.05) is 11.8 Å². The zero-order valence-corrected chi connectivity index (χ0v) is 11.2. The summed E-state index contributed by atoms with van der Waals surface area (Å²) in [6, 6.07) is 8.47. The van der Waals surface area contributed by atoms with Gasteiger partial charge in [0.25, 0.3) is 0 Å². The number of nitrogens with one attached hydrogen (secondary N) is 2. The molecule has 3 nitrogen and oxygen atoms in total. The summed E-state index contributed by atoms with van der Waals surface area (Å²) >= 11 is 0. The first kappa shape index (κ1) is 12.0. The number of hydrogen-bond donors (Lipinski definition) is 2. The van der Waals surface area contributed by atoms with Crippen LogP contribution in [0.4, 0.5) is 11.5 Å². The number of hydrogen-bond acceptors (Lipinski definition) is 2. The largest absolute Gasteiger partial charge is 0.341 e. The van der Waals surface area contributed by atoms with Crippen LogP contribution in [0.15, 0.2) is 36.5 Å². The Morgan fingerprint density at radius 3 is 2.89 bits per heavy atom. The first-order valence-corrected chi connectivity index (χ1v) is 6.89. The molecule has 0 saturated heterocycles. The molecule has 1 aliphatic carbocycles. The highest BCUT2D eigenvalue weighted by molar-refractivity contribution is 5.73. The Morgan fingerprint density at radius 1 is 1.21 bits per heavy atom. The highest BCUT2D eigenvalue weighted by Gasteiger charge is 2.09. The van der Waals surface area contributed by atoms with E-state index in [0.29, 0.717) is 0 Å². The number of allylic oxidation sites excluding steroid dienone is 2. The van der Waals surface area contributed by atoms with Gasteiger partial charge in [-0.3, -0.25) is 5.10 Å². The van der Waals surface area contributed by atoms with Crippen LogP contribution in [0.5, 0.6) is 0 Å². The quantitative estimate of drug-likeness (QED) is 0.850. The maximum atomic E-state index is 3.95. The lowest BCUT2D eigenvalue weighted by Crippen LogP contribution is -1.97. The van der Waals surface area contributed by atoms with E-state index in [1.807, 2.05) is 6.07 Å². The number of aromatic nitrogens is 2. The average molecular weight is 253 g/mol. The lowest BCUT2D eigenvalue weighted by atomic mass is 9.91. The SMILES string of the molecule is Cc1ccc(Nc2ccn[nH]2)cc1C1=CCCCC1. The van der Waals surface area contributed by atoms with E-state index >= 15 is 0 Å². The third kappa shape index (κ3) is 2.70. The average Bonchev–Trinajstić information content (AvgIpc) is 2.95. The van der Waals surface area contributed by atoms with Gasteiger partial charge in [-0.1, -0.05) is 12.1 Å². The van der Waals surface area contributed by atoms with E-state index in [1.54, 1.807) is 6.20 Å². The Labute approximate surface area is 113 Å². The molecule has 0 bridgehead atoms. The van der Waals surface area contributed by atoms with E-state index in [-0.39, 0.29) is 0 Å². The molecular weight excluding hydrogens is 234 g/mol. The van der Waals surface area contributed by atoms with Crippen LogP contribution in [0.25, 0.3) is 5.57 Å². The lowest BCUT2D eigenvalue weighted by Gasteiger charge is -2.16. The molecule has 1 aromatic carbocycles. The third-order valence-corrected chi connectivity index (χ3v) is 3.65. The number of aromatic amines is 1. The molecule has 0 saturated carbocycles. The normalized spacial score (nSPS) is 15.1. The number of benzene rings is 1. The minimum Gasteiger partial charge on any atom is -0.341 e. The van der Waals surface area contributed by atoms with Gasteiger partial charge >= 0.3 is 0 Å². The van der Waals surface area contributed by atoms with Crippen LogP contribution in [0.2, 0.25) is 0 Å². The van der Waals surface area contributed by atoms with Crippen molar-refractivity contribution in [2.24, 2.45) is 0 Å². The number of H-pyrrole nitrogens is 1. The summed E-state index contributed by atoms with van der Waals surface area (Å²) in [4.78, 5) is 0. The fraction of sp³-hybridized carbons (Fsp3) is 0.312. The number of aryl methyl sites for hydroxylation is 1. The lowest BCUT2D eigenvalue weighted by molar-refractivity contribution is 0.741. The van der Waals surface area contributed by atoms with Crippen molar-refractivity contribution in [3.8, 4) is 0 Å². The molecule has 0 spiro atoms. The summed E-state index contributed by atoms with van der Waals surface area (Å²) in [5.41, 5.74) is 5.33. The van der Waals surface area contributed by atoms with Gasteiger partial charge in [-0.15, -0.1) is 0 Å². The molecule has 0 unspecified atom stereocenters. The van der Waals surface area contributed by atoms with Crippen LogP contribution < -0.4 is 5.32 Å². The summed E-state index contributed by atoms with van der Waals surface area (Å²) in [5.74, 6) is 0.924. The fourth-order valence-corrected chi connectivity index (χ4v) is 2.61. The van der Waals surface area contributed by atoms with Gasteiger partial charge in [-0.25, -0.2) is 0 Å². The van der Waals surface area contributed by atoms with Crippen LogP contribution in [0.1, 0.15) is 36.8 Å². The predicted octanol–water partition coefficient (Wildman–Crippen LogP) is 4.42. The molecule has 0 amide bonds. The molecule has 3 rings (SSSR count). The van der Waals surface area contributed by atoms with Crippen molar-refractivity contribution in [1.29, 1.82) is 0 Å². The first-order chi connectivity index (χ1) is 9.33. The van der Waals surface area contributed by atoms with E-state index < -0.39 is 0 Å². The second kappa shape index (κ2) is 5.31. The van der Waals surface area contributed by atoms with Gasteiger partial charge in [-0.2, -0.15) is 5.10 Å². The second-order valence-electron chi connectivity index (χ2n) is 5.10. The summed E-state index contributed by atoms with van der Waals surface area (Å²) < 4.78 is 0. The smallest absolute Gasteiger partial charge is 0.125 e. The van der Waals surface area contributed by atoms with E-state index in [4.69, 9.17) is 0 Å². The van der Waals surface area contributed by atoms with Gasteiger partial charge in [0.2, 0.25) is 0 Å². The molecule has 2 N–H and O–H groups in total. The fourth-order valence-electron chi connectivity index (χ4n) is 2.61. The first-order valence-electron chi connectivity index (χ1n) is 6.89. The number of anilines is 2. The standard InChI is InChI=1S/C16H19N3/c1-12-7-8-14(18-16-9-10-17-19-16)11-15(12)13-5-3-2-4-6-13/h5,7-11H,2-4,6H2,1H3,(H2,17,18,19). The summed E-state index contributed by atoms with van der Waals surface area (Å²) in [6.07, 6.45) is 9.20. The topological polar surface area (TPSA) is 40.7 Å². The van der Waals surface area contributed by atoms with Crippen molar-refractivity contribution in [2.75, 3.05) is 5.32 Å². The molecule has 98 valence electrons. The molecule has 1 aliphatic rings. The van der Waals surface area contributed by atoms with Crippen molar-refractivity contribution in [3.05, 3.63) is 47.7 Å². The molecule has 1 heterocycles. The minimum absolute atomic E-state index is 0.924. The molecule has 0 fully saturated rings. The van der Waals surface area contributed by atoms with E-state index in [2.05, 4.69) is 46.7 Å². The van der Waals surface area contributed by atoms with Crippen LogP contribution in [-0.2, 0) is 0 Å². The van der Waals surface area contributed by atoms with Gasteiger partial charge in [-0.05, 0) is 61.4 Å². The summed E-state index contributed by atoms with van der Waals surface area (Å²) in [5, 5.41) is 10.2. The van der Waals surface area contributed by atoms with Crippen LogP contribution in [0.3, 0.4) is 0 Å². The Bertz CT molecular complexity index is 582. The van der Waals surface area contributed by atoms with Crippen molar-refractivity contribution < 1.29 is 0 Å². The molecule has 0 radical (unpaired) electrons. The predicted molar refractivity (Wildman–Crippen MR) is 79.5 cm³/mol. The Balaban J connectivity index is 1.89. The maximum absolute atomic E-state index is 3.95. The Kier molecular flexibility index (Phi) is 3.36. The Hall–Kier alpha value is -2.03. The van der Waals surface area contributed by atoms with E-state index in [0.717, 1.165) is 11.5 Å². The van der Waals surface area contributed by atoms with Gasteiger partial charge in [0.05, 0.1) is 6.20 Å². The second-order valence-corrected chi connectivity index (χ2v) is 5.10. The maximum Gasteiger partial charge on any atom is 0.125 e. The highest BCUT2D eigenvalue weighted by Crippen LogP contribution is 2.31. The van der Waals surface area contributed by atoms with E-state index in [1.165, 1.54) is 42.4 Å². The highest BCUT2D eigenvalue weighted by atomic mass is 15.2. The number of rotatable bonds is 3. The zero-order chi connectivity index (χ0) is 13.1. The molecule has 19 heavy (non-hydrogen) atoms. The summed E-state index contributed by atoms with van der Waals surface area (Å²) in [7, 11) is 0. The molecule has 1 aromatic heterocycles. The minimum atomic E-state index is 0.924. The molecule has 0 aliphatic heterocycles. The van der Waals surface area contributed by atoms with Crippen molar-refractivity contribution in [1.82, 2.24) is 10.2 Å². The van der Waals surface area contributed by atoms with Gasteiger partial charge < -0.3 is 5.32 Å².